The number of alkyl carbamates (subject to hydrolysis) is 1. The fourth-order valence-corrected chi connectivity index (χ4v) is 3.32. The molecule has 1 aliphatic rings. The van der Waals surface area contributed by atoms with Crippen LogP contribution in [0.3, 0.4) is 0 Å². The Morgan fingerprint density at radius 2 is 1.83 bits per heavy atom. The molecule has 1 N–H and O–H groups in total. The number of amides is 2. The lowest BCUT2D eigenvalue weighted by Crippen LogP contribution is -2.40. The van der Waals surface area contributed by atoms with E-state index >= 15 is 0 Å². The Morgan fingerprint density at radius 3 is 2.42 bits per heavy atom. The third-order valence-corrected chi connectivity index (χ3v) is 4.79. The standard InChI is InChI=1S/C19H27NO4/c1-12(2)16-10-5-13(3)11-17(16)24-19(22)20-18(21)14-6-8-15(23-4)9-7-14/h6-9,12-13,16-17H,5,10-11H2,1-4H3,(H,20,21,22). The SMILES string of the molecule is COc1ccc(C(=O)NC(=O)OC2CC(C)CCC2C(C)C)cc1. The van der Waals surface area contributed by atoms with Gasteiger partial charge in [-0.2, -0.15) is 0 Å². The van der Waals surface area contributed by atoms with Crippen molar-refractivity contribution in [2.45, 2.75) is 46.1 Å². The summed E-state index contributed by atoms with van der Waals surface area (Å²) in [6.45, 7) is 6.47. The molecule has 1 fully saturated rings. The highest BCUT2D eigenvalue weighted by Gasteiger charge is 2.33. The summed E-state index contributed by atoms with van der Waals surface area (Å²) in [5.41, 5.74) is 0.394. The summed E-state index contributed by atoms with van der Waals surface area (Å²) >= 11 is 0. The zero-order valence-electron chi connectivity index (χ0n) is 14.9. The molecular weight excluding hydrogens is 306 g/mol. The van der Waals surface area contributed by atoms with E-state index in [4.69, 9.17) is 9.47 Å². The third-order valence-electron chi connectivity index (χ3n) is 4.79. The second kappa shape index (κ2) is 8.18. The first-order chi connectivity index (χ1) is 11.4. The molecule has 2 rings (SSSR count). The van der Waals surface area contributed by atoms with Crippen molar-refractivity contribution in [1.29, 1.82) is 0 Å². The number of nitrogens with one attached hydrogen (secondary N) is 1. The van der Waals surface area contributed by atoms with Gasteiger partial charge in [0.15, 0.2) is 0 Å². The van der Waals surface area contributed by atoms with Crippen molar-refractivity contribution in [2.24, 2.45) is 17.8 Å². The number of ether oxygens (including phenoxy) is 2. The lowest BCUT2D eigenvalue weighted by Gasteiger charge is -2.36. The summed E-state index contributed by atoms with van der Waals surface area (Å²) in [6, 6.07) is 6.58. The molecule has 0 saturated heterocycles. The summed E-state index contributed by atoms with van der Waals surface area (Å²) in [5.74, 6) is 1.53. The van der Waals surface area contributed by atoms with Crippen LogP contribution in [0.5, 0.6) is 5.75 Å². The van der Waals surface area contributed by atoms with E-state index in [0.717, 1.165) is 19.3 Å². The van der Waals surface area contributed by atoms with Crippen molar-refractivity contribution in [3.05, 3.63) is 29.8 Å². The van der Waals surface area contributed by atoms with Gasteiger partial charge in [-0.25, -0.2) is 4.79 Å². The molecule has 1 aliphatic carbocycles. The van der Waals surface area contributed by atoms with E-state index < -0.39 is 12.0 Å². The van der Waals surface area contributed by atoms with Gasteiger partial charge in [0.05, 0.1) is 7.11 Å². The minimum atomic E-state index is -0.666. The van der Waals surface area contributed by atoms with Crippen molar-refractivity contribution in [2.75, 3.05) is 7.11 Å². The fourth-order valence-electron chi connectivity index (χ4n) is 3.32. The monoisotopic (exact) mass is 333 g/mol. The van der Waals surface area contributed by atoms with Crippen LogP contribution >= 0.6 is 0 Å². The van der Waals surface area contributed by atoms with Crippen LogP contribution < -0.4 is 10.1 Å². The fraction of sp³-hybridized carbons (Fsp3) is 0.579. The van der Waals surface area contributed by atoms with Crippen LogP contribution in [-0.2, 0) is 4.74 Å². The van der Waals surface area contributed by atoms with Crippen LogP contribution in [0.15, 0.2) is 24.3 Å². The lowest BCUT2D eigenvalue weighted by molar-refractivity contribution is 0.00664. The topological polar surface area (TPSA) is 64.6 Å². The summed E-state index contributed by atoms with van der Waals surface area (Å²) < 4.78 is 10.6. The smallest absolute Gasteiger partial charge is 0.414 e. The molecule has 2 amide bonds. The molecule has 0 spiro atoms. The molecule has 0 heterocycles. The molecule has 3 unspecified atom stereocenters. The molecule has 0 aromatic heterocycles. The first-order valence-corrected chi connectivity index (χ1v) is 8.56. The molecule has 132 valence electrons. The van der Waals surface area contributed by atoms with E-state index in [1.54, 1.807) is 31.4 Å². The first kappa shape index (κ1) is 18.3. The Labute approximate surface area is 143 Å². The van der Waals surface area contributed by atoms with Gasteiger partial charge in [0.1, 0.15) is 11.9 Å². The van der Waals surface area contributed by atoms with Gasteiger partial charge in [-0.3, -0.25) is 10.1 Å². The number of hydrogen-bond acceptors (Lipinski definition) is 4. The molecule has 5 heteroatoms. The molecule has 24 heavy (non-hydrogen) atoms. The molecular formula is C19H27NO4. The Bertz CT molecular complexity index is 567. The largest absolute Gasteiger partial charge is 0.497 e. The highest BCUT2D eigenvalue weighted by Crippen LogP contribution is 2.35. The Balaban J connectivity index is 1.94. The number of hydrogen-bond donors (Lipinski definition) is 1. The average Bonchev–Trinajstić information content (AvgIpc) is 2.54. The molecule has 5 nitrogen and oxygen atoms in total. The van der Waals surface area contributed by atoms with E-state index in [0.29, 0.717) is 29.1 Å². The maximum absolute atomic E-state index is 12.1. The quantitative estimate of drug-likeness (QED) is 0.904. The van der Waals surface area contributed by atoms with Crippen LogP contribution in [0.4, 0.5) is 4.79 Å². The van der Waals surface area contributed by atoms with Gasteiger partial charge in [-0.15, -0.1) is 0 Å². The predicted molar refractivity (Wildman–Crippen MR) is 92.1 cm³/mol. The molecule has 0 bridgehead atoms. The van der Waals surface area contributed by atoms with E-state index in [1.165, 1.54) is 0 Å². The number of methoxy groups -OCH3 is 1. The molecule has 1 saturated carbocycles. The van der Waals surface area contributed by atoms with Crippen LogP contribution in [0.1, 0.15) is 50.4 Å². The van der Waals surface area contributed by atoms with Crippen molar-refractivity contribution >= 4 is 12.0 Å². The van der Waals surface area contributed by atoms with Crippen LogP contribution in [-0.4, -0.2) is 25.2 Å². The lowest BCUT2D eigenvalue weighted by atomic mass is 9.75. The van der Waals surface area contributed by atoms with Crippen molar-refractivity contribution in [1.82, 2.24) is 5.32 Å². The van der Waals surface area contributed by atoms with E-state index in [1.807, 2.05) is 0 Å². The van der Waals surface area contributed by atoms with Gasteiger partial charge in [-0.05, 0) is 54.9 Å². The van der Waals surface area contributed by atoms with Crippen molar-refractivity contribution < 1.29 is 19.1 Å². The predicted octanol–water partition coefficient (Wildman–Crippen LogP) is 4.02. The molecule has 0 aliphatic heterocycles. The maximum atomic E-state index is 12.1. The van der Waals surface area contributed by atoms with Gasteiger partial charge in [-0.1, -0.05) is 27.2 Å². The molecule has 3 atom stereocenters. The summed E-state index contributed by atoms with van der Waals surface area (Å²) in [7, 11) is 1.56. The minimum absolute atomic E-state index is 0.127. The van der Waals surface area contributed by atoms with Crippen LogP contribution in [0, 0.1) is 17.8 Å². The zero-order valence-corrected chi connectivity index (χ0v) is 14.9. The van der Waals surface area contributed by atoms with E-state index in [9.17, 15) is 9.59 Å². The zero-order chi connectivity index (χ0) is 17.7. The second-order valence-electron chi connectivity index (χ2n) is 6.95. The second-order valence-corrected chi connectivity index (χ2v) is 6.95. The van der Waals surface area contributed by atoms with Gasteiger partial charge in [0, 0.05) is 5.56 Å². The van der Waals surface area contributed by atoms with Crippen molar-refractivity contribution in [3.8, 4) is 5.75 Å². The highest BCUT2D eigenvalue weighted by atomic mass is 16.6. The first-order valence-electron chi connectivity index (χ1n) is 8.56. The van der Waals surface area contributed by atoms with Gasteiger partial charge in [0.25, 0.3) is 5.91 Å². The summed E-state index contributed by atoms with van der Waals surface area (Å²) in [6.07, 6.45) is 2.28. The number of imide groups is 1. The van der Waals surface area contributed by atoms with Gasteiger partial charge in [0.2, 0.25) is 0 Å². The van der Waals surface area contributed by atoms with Crippen LogP contribution in [0.2, 0.25) is 0 Å². The molecule has 1 aromatic carbocycles. The highest BCUT2D eigenvalue weighted by molar-refractivity contribution is 6.02. The Hall–Kier alpha value is -2.04. The average molecular weight is 333 g/mol. The summed E-state index contributed by atoms with van der Waals surface area (Å²) in [4.78, 5) is 24.2. The third kappa shape index (κ3) is 4.73. The summed E-state index contributed by atoms with van der Waals surface area (Å²) in [5, 5.41) is 2.31. The van der Waals surface area contributed by atoms with Crippen molar-refractivity contribution in [3.63, 3.8) is 0 Å². The number of benzene rings is 1. The normalized spacial score (nSPS) is 23.6. The molecule has 1 aromatic rings. The Kier molecular flexibility index (Phi) is 6.23. The maximum Gasteiger partial charge on any atom is 0.414 e. The van der Waals surface area contributed by atoms with E-state index in [-0.39, 0.29) is 6.10 Å². The van der Waals surface area contributed by atoms with Gasteiger partial charge >= 0.3 is 6.09 Å². The van der Waals surface area contributed by atoms with E-state index in [2.05, 4.69) is 26.1 Å². The molecule has 0 radical (unpaired) electrons. The minimum Gasteiger partial charge on any atom is -0.497 e. The van der Waals surface area contributed by atoms with Gasteiger partial charge < -0.3 is 9.47 Å². The Morgan fingerprint density at radius 1 is 1.17 bits per heavy atom. The number of carbonyl (C=O) groups is 2. The number of carbonyl (C=O) groups excluding carboxylic acids is 2. The van der Waals surface area contributed by atoms with Crippen LogP contribution in [0.25, 0.3) is 0 Å². The number of rotatable bonds is 4.